The van der Waals surface area contributed by atoms with E-state index in [4.69, 9.17) is 0 Å². The van der Waals surface area contributed by atoms with Gasteiger partial charge >= 0.3 is 37.7 Å². The van der Waals surface area contributed by atoms with Crippen LogP contribution in [-0.4, -0.2) is 63.7 Å². The topological polar surface area (TPSA) is 114 Å². The minimum Gasteiger partial charge on any atom is -0.744 e. The van der Waals surface area contributed by atoms with Crippen LogP contribution in [0.3, 0.4) is 0 Å². The summed E-state index contributed by atoms with van der Waals surface area (Å²) in [7, 11) is -8.68. The molecule has 0 N–H and O–H groups in total. The van der Waals surface area contributed by atoms with Gasteiger partial charge in [-0.3, -0.25) is 0 Å². The number of hydrogen-bond donors (Lipinski definition) is 0. The largest absolute Gasteiger partial charge is 2.00 e. The van der Waals surface area contributed by atoms with Crippen molar-refractivity contribution in [3.05, 3.63) is 59.7 Å². The van der Waals surface area contributed by atoms with Gasteiger partial charge in [0.15, 0.2) is 0 Å². The Hall–Kier alpha value is -0.480. The van der Waals surface area contributed by atoms with Crippen molar-refractivity contribution in [3.8, 4) is 0 Å². The zero-order valence-corrected chi connectivity index (χ0v) is 43.3. The fourth-order valence-corrected chi connectivity index (χ4v) is 9.26. The number of aryl methyl sites for hydroxylation is 2. The van der Waals surface area contributed by atoms with E-state index in [9.17, 15) is 25.9 Å². The molecule has 0 saturated carbocycles. The summed E-state index contributed by atoms with van der Waals surface area (Å²) in [6.07, 6.45) is 50.6. The molecule has 0 fully saturated rings. The SMILES string of the molecule is CCCCCCCCCCCCCCCCCCCCc1cccc(S(=O)(=O)[O-])c1.CCCCCCCCCCCCCCCCCCCCc1cccc(S(=O)(=O)[O-])c1.[Ca+2]. The van der Waals surface area contributed by atoms with Crippen LogP contribution >= 0.6 is 0 Å². The molecule has 0 aliphatic heterocycles. The molecule has 0 amide bonds. The molecule has 61 heavy (non-hydrogen) atoms. The van der Waals surface area contributed by atoms with E-state index in [1.807, 2.05) is 12.1 Å². The third kappa shape index (κ3) is 38.5. The average Bonchev–Trinajstić information content (AvgIpc) is 3.22. The van der Waals surface area contributed by atoms with Gasteiger partial charge in [0.25, 0.3) is 0 Å². The quantitative estimate of drug-likeness (QED) is 0.0374. The van der Waals surface area contributed by atoms with E-state index < -0.39 is 20.2 Å². The molecule has 0 aromatic heterocycles. The van der Waals surface area contributed by atoms with Crippen LogP contribution in [0.1, 0.15) is 256 Å². The van der Waals surface area contributed by atoms with Crippen molar-refractivity contribution in [2.24, 2.45) is 0 Å². The molecular weight excluding hydrogens is 825 g/mol. The minimum absolute atomic E-state index is 0. The van der Waals surface area contributed by atoms with Gasteiger partial charge in [-0.1, -0.05) is 256 Å². The Morgan fingerprint density at radius 3 is 0.721 bits per heavy atom. The molecule has 2 aromatic rings. The van der Waals surface area contributed by atoms with Crippen LogP contribution in [0.15, 0.2) is 58.3 Å². The molecule has 0 aliphatic carbocycles. The number of benzene rings is 2. The number of rotatable bonds is 40. The molecule has 0 atom stereocenters. The molecular formula is C52H90CaO6S2. The Morgan fingerprint density at radius 1 is 0.328 bits per heavy atom. The summed E-state index contributed by atoms with van der Waals surface area (Å²) < 4.78 is 66.4. The second-order valence-corrected chi connectivity index (χ2v) is 20.5. The summed E-state index contributed by atoms with van der Waals surface area (Å²) in [6, 6.07) is 12.9. The molecule has 2 aromatic carbocycles. The average molecular weight is 915 g/mol. The van der Waals surface area contributed by atoms with Gasteiger partial charge in [0.05, 0.1) is 9.79 Å². The van der Waals surface area contributed by atoms with Gasteiger partial charge in [-0.15, -0.1) is 0 Å². The fourth-order valence-electron chi connectivity index (χ4n) is 8.17. The van der Waals surface area contributed by atoms with Crippen LogP contribution in [0.2, 0.25) is 0 Å². The first-order chi connectivity index (χ1) is 29.1. The van der Waals surface area contributed by atoms with Crippen molar-refractivity contribution >= 4 is 58.0 Å². The monoisotopic (exact) mass is 915 g/mol. The van der Waals surface area contributed by atoms with Crippen molar-refractivity contribution in [1.29, 1.82) is 0 Å². The first-order valence-electron chi connectivity index (χ1n) is 25.2. The van der Waals surface area contributed by atoms with Crippen LogP contribution in [0.5, 0.6) is 0 Å². The zero-order chi connectivity index (χ0) is 43.8. The van der Waals surface area contributed by atoms with Crippen LogP contribution in [0.4, 0.5) is 0 Å². The summed E-state index contributed by atoms with van der Waals surface area (Å²) in [5.41, 5.74) is 1.90. The first kappa shape index (κ1) is 60.5. The van der Waals surface area contributed by atoms with Gasteiger partial charge in [-0.05, 0) is 61.1 Å². The molecule has 0 saturated heterocycles. The van der Waals surface area contributed by atoms with Gasteiger partial charge in [-0.2, -0.15) is 0 Å². The maximum atomic E-state index is 11.1. The van der Waals surface area contributed by atoms with Crippen LogP contribution < -0.4 is 0 Å². The normalized spacial score (nSPS) is 11.6. The van der Waals surface area contributed by atoms with E-state index >= 15 is 0 Å². The maximum absolute atomic E-state index is 11.1. The summed E-state index contributed by atoms with van der Waals surface area (Å²) in [6.45, 7) is 4.55. The molecule has 6 nitrogen and oxygen atoms in total. The molecule has 348 valence electrons. The number of unbranched alkanes of at least 4 members (excludes halogenated alkanes) is 34. The van der Waals surface area contributed by atoms with Gasteiger partial charge in [-0.25, -0.2) is 16.8 Å². The molecule has 0 bridgehead atoms. The third-order valence-corrected chi connectivity index (χ3v) is 13.7. The van der Waals surface area contributed by atoms with Gasteiger partial charge in [0.2, 0.25) is 0 Å². The Morgan fingerprint density at radius 2 is 0.525 bits per heavy atom. The van der Waals surface area contributed by atoms with E-state index in [0.717, 1.165) is 36.8 Å². The summed E-state index contributed by atoms with van der Waals surface area (Å²) in [5, 5.41) is 0. The smallest absolute Gasteiger partial charge is 0.744 e. The molecule has 2 rings (SSSR count). The molecule has 9 heteroatoms. The van der Waals surface area contributed by atoms with Gasteiger partial charge in [0.1, 0.15) is 20.2 Å². The predicted molar refractivity (Wildman–Crippen MR) is 260 cm³/mol. The minimum atomic E-state index is -4.34. The van der Waals surface area contributed by atoms with Crippen molar-refractivity contribution in [2.75, 3.05) is 0 Å². The molecule has 0 aliphatic rings. The van der Waals surface area contributed by atoms with E-state index in [1.165, 1.54) is 243 Å². The van der Waals surface area contributed by atoms with E-state index in [0.29, 0.717) is 0 Å². The Bertz CT molecular complexity index is 1370. The van der Waals surface area contributed by atoms with Crippen LogP contribution in [0, 0.1) is 0 Å². The zero-order valence-electron chi connectivity index (χ0n) is 39.5. The first-order valence-corrected chi connectivity index (χ1v) is 28.0. The number of hydrogen-bond acceptors (Lipinski definition) is 6. The van der Waals surface area contributed by atoms with Gasteiger partial charge < -0.3 is 9.11 Å². The molecule has 0 spiro atoms. The van der Waals surface area contributed by atoms with E-state index in [2.05, 4.69) is 13.8 Å². The van der Waals surface area contributed by atoms with Gasteiger partial charge in [0, 0.05) is 0 Å². The maximum Gasteiger partial charge on any atom is 2.00 e. The third-order valence-electron chi connectivity index (χ3n) is 12.0. The Balaban J connectivity index is 0.00000116. The molecule has 0 unspecified atom stereocenters. The second-order valence-electron chi connectivity index (χ2n) is 17.7. The molecule has 0 heterocycles. The summed E-state index contributed by atoms with van der Waals surface area (Å²) >= 11 is 0. The van der Waals surface area contributed by atoms with Crippen molar-refractivity contribution in [2.45, 2.75) is 268 Å². The standard InChI is InChI=1S/2C26H46O3S.Ca/c2*1-2-3-4-5-6-7-8-9-10-11-12-13-14-15-16-17-18-19-21-25-22-20-23-26(24-25)30(27,28)29;/h2*20,22-24H,2-19,21H2,1H3,(H,27,28,29);/q;;+2/p-2. The van der Waals surface area contributed by atoms with Crippen molar-refractivity contribution in [1.82, 2.24) is 0 Å². The predicted octanol–water partition coefficient (Wildman–Crippen LogP) is 16.0. The second kappa shape index (κ2) is 42.2. The Labute approximate surface area is 407 Å². The molecule has 0 radical (unpaired) electrons. The van der Waals surface area contributed by atoms with Crippen LogP contribution in [0.25, 0.3) is 0 Å². The summed E-state index contributed by atoms with van der Waals surface area (Å²) in [5.74, 6) is 0. The van der Waals surface area contributed by atoms with Crippen LogP contribution in [-0.2, 0) is 33.1 Å². The fraction of sp³-hybridized carbons (Fsp3) is 0.769. The summed E-state index contributed by atoms with van der Waals surface area (Å²) in [4.78, 5) is -0.218. The van der Waals surface area contributed by atoms with Crippen molar-refractivity contribution in [3.63, 3.8) is 0 Å². The Kier molecular flexibility index (Phi) is 41.8. The van der Waals surface area contributed by atoms with E-state index in [-0.39, 0.29) is 47.5 Å². The van der Waals surface area contributed by atoms with E-state index in [1.54, 1.807) is 12.1 Å². The van der Waals surface area contributed by atoms with Crippen molar-refractivity contribution < 1.29 is 25.9 Å².